The monoisotopic (exact) mass is 356 g/mol. The maximum Gasteiger partial charge on any atom is 0.287 e. The minimum Gasteiger partial charge on any atom is -0.444 e. The molecular formula is C15H21BrN2O3. The molecule has 116 valence electrons. The van der Waals surface area contributed by atoms with Crippen LogP contribution in [0, 0.1) is 0 Å². The molecule has 0 unspecified atom stereocenters. The second-order valence-corrected chi connectivity index (χ2v) is 6.15. The number of halogens is 1. The van der Waals surface area contributed by atoms with Gasteiger partial charge in [0.2, 0.25) is 5.91 Å². The van der Waals surface area contributed by atoms with Gasteiger partial charge in [0, 0.05) is 19.0 Å². The summed E-state index contributed by atoms with van der Waals surface area (Å²) in [4.78, 5) is 23.6. The van der Waals surface area contributed by atoms with Crippen molar-refractivity contribution in [3.8, 4) is 0 Å². The zero-order chi connectivity index (χ0) is 15.1. The maximum atomic E-state index is 11.9. The third-order valence-corrected chi connectivity index (χ3v) is 4.08. The first-order valence-corrected chi connectivity index (χ1v) is 8.27. The molecule has 1 aromatic rings. The van der Waals surface area contributed by atoms with Crippen LogP contribution < -0.4 is 10.6 Å². The highest BCUT2D eigenvalue weighted by Gasteiger charge is 2.15. The number of rotatable bonds is 5. The van der Waals surface area contributed by atoms with Gasteiger partial charge < -0.3 is 15.1 Å². The minimum absolute atomic E-state index is 0.00262. The first-order chi connectivity index (χ1) is 10.1. The molecule has 0 aliphatic heterocycles. The summed E-state index contributed by atoms with van der Waals surface area (Å²) in [5.74, 6) is -0.0585. The molecule has 2 N–H and O–H groups in total. The molecule has 0 spiro atoms. The Balaban J connectivity index is 1.65. The predicted molar refractivity (Wildman–Crippen MR) is 83.0 cm³/mol. The second-order valence-electron chi connectivity index (χ2n) is 5.37. The highest BCUT2D eigenvalue weighted by atomic mass is 79.9. The van der Waals surface area contributed by atoms with E-state index >= 15 is 0 Å². The summed E-state index contributed by atoms with van der Waals surface area (Å²) in [6, 6.07) is 3.55. The number of carbonyl (C=O) groups is 2. The Morgan fingerprint density at radius 2 is 1.90 bits per heavy atom. The van der Waals surface area contributed by atoms with Crippen molar-refractivity contribution >= 4 is 27.7 Å². The number of nitrogens with one attached hydrogen (secondary N) is 2. The number of amides is 2. The van der Waals surface area contributed by atoms with Crippen molar-refractivity contribution in [2.75, 3.05) is 6.54 Å². The van der Waals surface area contributed by atoms with Gasteiger partial charge in [0.25, 0.3) is 5.91 Å². The predicted octanol–water partition coefficient (Wildman–Crippen LogP) is 3.00. The van der Waals surface area contributed by atoms with E-state index in [0.717, 1.165) is 12.8 Å². The van der Waals surface area contributed by atoms with Crippen LogP contribution in [0.2, 0.25) is 0 Å². The van der Waals surface area contributed by atoms with E-state index in [2.05, 4.69) is 26.6 Å². The van der Waals surface area contributed by atoms with Crippen LogP contribution in [-0.2, 0) is 4.79 Å². The molecule has 21 heavy (non-hydrogen) atoms. The average molecular weight is 357 g/mol. The lowest BCUT2D eigenvalue weighted by atomic mass is 10.1. The summed E-state index contributed by atoms with van der Waals surface area (Å²) >= 11 is 3.14. The van der Waals surface area contributed by atoms with E-state index in [1.807, 2.05) is 0 Å². The molecule has 1 heterocycles. The zero-order valence-corrected chi connectivity index (χ0v) is 13.6. The standard InChI is InChI=1S/C15H21BrN2O3/c16-13-8-7-12(21-13)15(20)17-10-9-14(19)18-11-5-3-1-2-4-6-11/h7-8,11H,1-6,9-10H2,(H,17,20)(H,18,19). The summed E-state index contributed by atoms with van der Waals surface area (Å²) in [6.07, 6.45) is 7.34. The number of hydrogen-bond acceptors (Lipinski definition) is 3. The van der Waals surface area contributed by atoms with Crippen molar-refractivity contribution in [2.24, 2.45) is 0 Å². The molecule has 1 fully saturated rings. The van der Waals surface area contributed by atoms with E-state index in [0.29, 0.717) is 23.7 Å². The van der Waals surface area contributed by atoms with Crippen LogP contribution in [0.4, 0.5) is 0 Å². The van der Waals surface area contributed by atoms with Gasteiger partial charge in [-0.05, 0) is 40.9 Å². The van der Waals surface area contributed by atoms with Gasteiger partial charge in [0.15, 0.2) is 10.4 Å². The van der Waals surface area contributed by atoms with E-state index < -0.39 is 0 Å². The molecule has 0 radical (unpaired) electrons. The molecule has 1 aliphatic rings. The number of furan rings is 1. The fourth-order valence-electron chi connectivity index (χ4n) is 2.54. The molecule has 1 aliphatic carbocycles. The summed E-state index contributed by atoms with van der Waals surface area (Å²) in [6.45, 7) is 0.315. The third kappa shape index (κ3) is 5.53. The SMILES string of the molecule is O=C(CCNC(=O)c1ccc(Br)o1)NC1CCCCCC1. The van der Waals surface area contributed by atoms with Gasteiger partial charge >= 0.3 is 0 Å². The Hall–Kier alpha value is -1.30. The molecule has 2 rings (SSSR count). The molecule has 0 atom stereocenters. The molecule has 6 heteroatoms. The first kappa shape index (κ1) is 16.1. The minimum atomic E-state index is -0.303. The molecule has 0 aromatic carbocycles. The Morgan fingerprint density at radius 1 is 1.19 bits per heavy atom. The summed E-state index contributed by atoms with van der Waals surface area (Å²) in [7, 11) is 0. The highest BCUT2D eigenvalue weighted by Crippen LogP contribution is 2.17. The van der Waals surface area contributed by atoms with E-state index in [4.69, 9.17) is 4.42 Å². The van der Waals surface area contributed by atoms with Gasteiger partial charge in [-0.2, -0.15) is 0 Å². The largest absolute Gasteiger partial charge is 0.444 e. The quantitative estimate of drug-likeness (QED) is 0.796. The van der Waals surface area contributed by atoms with Gasteiger partial charge in [-0.25, -0.2) is 0 Å². The van der Waals surface area contributed by atoms with Crippen LogP contribution in [-0.4, -0.2) is 24.4 Å². The first-order valence-electron chi connectivity index (χ1n) is 7.48. The normalized spacial score (nSPS) is 16.2. The van der Waals surface area contributed by atoms with E-state index in [-0.39, 0.29) is 17.6 Å². The number of carbonyl (C=O) groups excluding carboxylic acids is 2. The van der Waals surface area contributed by atoms with Crippen LogP contribution in [0.25, 0.3) is 0 Å². The summed E-state index contributed by atoms with van der Waals surface area (Å²) in [5.41, 5.74) is 0. The van der Waals surface area contributed by atoms with Crippen molar-refractivity contribution in [1.82, 2.24) is 10.6 Å². The van der Waals surface area contributed by atoms with E-state index in [9.17, 15) is 9.59 Å². The molecule has 2 amide bonds. The summed E-state index contributed by atoms with van der Waals surface area (Å²) in [5, 5.41) is 5.73. The van der Waals surface area contributed by atoms with Gasteiger partial charge in [0.1, 0.15) is 0 Å². The van der Waals surface area contributed by atoms with Gasteiger partial charge in [-0.1, -0.05) is 25.7 Å². The Morgan fingerprint density at radius 3 is 2.52 bits per heavy atom. The number of hydrogen-bond donors (Lipinski definition) is 2. The molecule has 5 nitrogen and oxygen atoms in total. The zero-order valence-electron chi connectivity index (χ0n) is 12.0. The molecular weight excluding hydrogens is 336 g/mol. The van der Waals surface area contributed by atoms with Crippen LogP contribution >= 0.6 is 15.9 Å². The average Bonchev–Trinajstić information content (AvgIpc) is 2.72. The van der Waals surface area contributed by atoms with E-state index in [1.165, 1.54) is 25.7 Å². The van der Waals surface area contributed by atoms with Gasteiger partial charge in [-0.15, -0.1) is 0 Å². The summed E-state index contributed by atoms with van der Waals surface area (Å²) < 4.78 is 5.66. The molecule has 0 saturated heterocycles. The smallest absolute Gasteiger partial charge is 0.287 e. The van der Waals surface area contributed by atoms with Crippen LogP contribution in [0.1, 0.15) is 55.5 Å². The topological polar surface area (TPSA) is 71.3 Å². The maximum absolute atomic E-state index is 11.9. The molecule has 1 saturated carbocycles. The molecule has 1 aromatic heterocycles. The van der Waals surface area contributed by atoms with Gasteiger partial charge in [0.05, 0.1) is 0 Å². The fraction of sp³-hybridized carbons (Fsp3) is 0.600. The lowest BCUT2D eigenvalue weighted by Crippen LogP contribution is -2.36. The van der Waals surface area contributed by atoms with Crippen LogP contribution in [0.5, 0.6) is 0 Å². The molecule has 0 bridgehead atoms. The fourth-order valence-corrected chi connectivity index (χ4v) is 2.84. The van der Waals surface area contributed by atoms with Crippen molar-refractivity contribution < 1.29 is 14.0 Å². The third-order valence-electron chi connectivity index (χ3n) is 3.65. The van der Waals surface area contributed by atoms with Crippen LogP contribution in [0.15, 0.2) is 21.2 Å². The Kier molecular flexibility index (Phi) is 6.29. The lowest BCUT2D eigenvalue weighted by Gasteiger charge is -2.16. The van der Waals surface area contributed by atoms with Crippen molar-refractivity contribution in [3.05, 3.63) is 22.6 Å². The second kappa shape index (κ2) is 8.22. The van der Waals surface area contributed by atoms with Crippen molar-refractivity contribution in [3.63, 3.8) is 0 Å². The lowest BCUT2D eigenvalue weighted by molar-refractivity contribution is -0.121. The Labute approximate surface area is 133 Å². The Bertz CT molecular complexity index is 479. The van der Waals surface area contributed by atoms with E-state index in [1.54, 1.807) is 12.1 Å². The van der Waals surface area contributed by atoms with Crippen molar-refractivity contribution in [2.45, 2.75) is 51.0 Å². The highest BCUT2D eigenvalue weighted by molar-refractivity contribution is 9.10. The van der Waals surface area contributed by atoms with Gasteiger partial charge in [-0.3, -0.25) is 9.59 Å². The van der Waals surface area contributed by atoms with Crippen molar-refractivity contribution in [1.29, 1.82) is 0 Å². The van der Waals surface area contributed by atoms with Crippen LogP contribution in [0.3, 0.4) is 0 Å².